The molecule has 0 unspecified atom stereocenters. The van der Waals surface area contributed by atoms with Crippen LogP contribution in [0.15, 0.2) is 117 Å². The van der Waals surface area contributed by atoms with Gasteiger partial charge in [0, 0.05) is 29.4 Å². The number of carbonyl (C=O) groups is 2. The minimum absolute atomic E-state index is 0.0811. The summed E-state index contributed by atoms with van der Waals surface area (Å²) >= 11 is 0. The summed E-state index contributed by atoms with van der Waals surface area (Å²) in [5.74, 6) is -0.920. The van der Waals surface area contributed by atoms with Gasteiger partial charge in [0.1, 0.15) is 23.7 Å². The molecule has 308 valence electrons. The first kappa shape index (κ1) is 41.6. The Morgan fingerprint density at radius 1 is 0.797 bits per heavy atom. The van der Waals surface area contributed by atoms with Crippen molar-refractivity contribution in [2.75, 3.05) is 20.0 Å². The van der Waals surface area contributed by atoms with E-state index < -0.39 is 42.2 Å². The van der Waals surface area contributed by atoms with Crippen molar-refractivity contribution in [3.05, 3.63) is 158 Å². The molecule has 0 amide bonds. The largest absolute Gasteiger partial charge is 0.483 e. The number of hydrogen-bond acceptors (Lipinski definition) is 10. The lowest BCUT2D eigenvalue weighted by molar-refractivity contribution is -0.188. The van der Waals surface area contributed by atoms with E-state index >= 15 is 0 Å². The number of esters is 2. The molecule has 5 aromatic rings. The van der Waals surface area contributed by atoms with Gasteiger partial charge < -0.3 is 33.6 Å². The summed E-state index contributed by atoms with van der Waals surface area (Å²) in [6.45, 7) is 4.51. The molecule has 0 fully saturated rings. The Morgan fingerprint density at radius 3 is 2.31 bits per heavy atom. The number of benzene rings is 4. The monoisotopic (exact) mass is 800 g/mol. The minimum Gasteiger partial charge on any atom is -0.483 e. The Labute approximate surface area is 344 Å². The molecule has 2 N–H and O–H groups in total. The Bertz CT molecular complexity index is 2360. The van der Waals surface area contributed by atoms with E-state index in [1.54, 1.807) is 39.0 Å². The van der Waals surface area contributed by atoms with Gasteiger partial charge in [0.2, 0.25) is 0 Å². The van der Waals surface area contributed by atoms with Crippen molar-refractivity contribution >= 4 is 22.9 Å². The Morgan fingerprint density at radius 2 is 1.54 bits per heavy atom. The first-order valence-electron chi connectivity index (χ1n) is 20.4. The van der Waals surface area contributed by atoms with Crippen LogP contribution in [0.5, 0.6) is 5.75 Å². The van der Waals surface area contributed by atoms with Crippen LogP contribution >= 0.6 is 0 Å². The summed E-state index contributed by atoms with van der Waals surface area (Å²) in [5, 5.41) is 19.8. The van der Waals surface area contributed by atoms with E-state index in [1.807, 2.05) is 18.2 Å². The number of hydrogen-bond donors (Lipinski definition) is 2. The zero-order valence-corrected chi connectivity index (χ0v) is 33.9. The molecule has 4 heterocycles. The van der Waals surface area contributed by atoms with Crippen molar-refractivity contribution in [3.8, 4) is 5.75 Å². The lowest BCUT2D eigenvalue weighted by atomic mass is 9.86. The topological polar surface area (TPSA) is 142 Å². The molecule has 3 aliphatic heterocycles. The summed E-state index contributed by atoms with van der Waals surface area (Å²) in [4.78, 5) is 42.0. The highest BCUT2D eigenvalue weighted by Crippen LogP contribution is 2.47. The molecule has 3 atom stereocenters. The summed E-state index contributed by atoms with van der Waals surface area (Å²) < 4.78 is 30.3. The fourth-order valence-corrected chi connectivity index (χ4v) is 8.21. The summed E-state index contributed by atoms with van der Waals surface area (Å²) in [6, 6.07) is 32.4. The van der Waals surface area contributed by atoms with Crippen LogP contribution in [0, 0.1) is 5.92 Å². The van der Waals surface area contributed by atoms with Crippen LogP contribution in [0.25, 0.3) is 11.0 Å². The molecule has 0 aliphatic carbocycles. The molecular weight excluding hydrogens is 749 g/mol. The zero-order valence-electron chi connectivity index (χ0n) is 33.9. The number of ether oxygens (including phenoxy) is 4. The van der Waals surface area contributed by atoms with Crippen molar-refractivity contribution in [3.63, 3.8) is 0 Å². The van der Waals surface area contributed by atoms with Crippen molar-refractivity contribution in [1.29, 1.82) is 0 Å². The average molecular weight is 801 g/mol. The molecule has 0 radical (unpaired) electrons. The molecule has 59 heavy (non-hydrogen) atoms. The maximum absolute atomic E-state index is 14.4. The molecule has 8 rings (SSSR count). The number of aliphatic hydroxyl groups is 2. The molecule has 4 aromatic carbocycles. The van der Waals surface area contributed by atoms with Crippen LogP contribution in [0.2, 0.25) is 0 Å². The molecule has 0 saturated heterocycles. The number of rotatable bonds is 10. The second-order valence-corrected chi connectivity index (χ2v) is 16.2. The first-order chi connectivity index (χ1) is 28.5. The SMILES string of the molecule is CC(CO)=C1CCc2ccc(cc2)C[C@H](CCc2cccc(Cc3ccccc3)c2)CC(=O)O[C@H]2c3c(ccc4cc(CCOCO)c(=O)oc34)OC(C)(C)[C@H]2OC1=O. The van der Waals surface area contributed by atoms with Gasteiger partial charge >= 0.3 is 17.6 Å². The number of carbonyl (C=O) groups excluding carboxylic acids is 2. The summed E-state index contributed by atoms with van der Waals surface area (Å²) in [5.41, 5.74) is 5.52. The Balaban J connectivity index is 1.25. The van der Waals surface area contributed by atoms with E-state index in [9.17, 15) is 19.5 Å². The number of aliphatic hydroxyl groups excluding tert-OH is 2. The van der Waals surface area contributed by atoms with Gasteiger partial charge in [0.15, 0.2) is 12.2 Å². The molecular formula is C49H52O10. The van der Waals surface area contributed by atoms with Gasteiger partial charge in [-0.25, -0.2) is 9.59 Å². The standard InChI is InChI=1S/C49H52O10/c1-31(29-50)40-20-18-32-12-14-35(15-13-32)26-37(17-16-34-10-7-11-36(25-34)24-33-8-5-4-6-9-33)27-42(52)56-45-43-41(59-49(2,3)46(45)58-48(40)54)21-19-38-28-39(22-23-55-30-51)47(53)57-44(38)43/h4-15,19,21,25,28,37,45-46,50-51H,16-18,20,22-24,26-27,29-30H2,1-3H3/t37-,45-,46-/m0/s1. The lowest BCUT2D eigenvalue weighted by Crippen LogP contribution is -2.52. The third-order valence-electron chi connectivity index (χ3n) is 11.4. The maximum atomic E-state index is 14.4. The van der Waals surface area contributed by atoms with Gasteiger partial charge in [0.25, 0.3) is 0 Å². The summed E-state index contributed by atoms with van der Waals surface area (Å²) in [6.07, 6.45) is 1.71. The van der Waals surface area contributed by atoms with Gasteiger partial charge in [0.05, 0.1) is 18.8 Å². The maximum Gasteiger partial charge on any atom is 0.339 e. The predicted molar refractivity (Wildman–Crippen MR) is 223 cm³/mol. The van der Waals surface area contributed by atoms with Crippen molar-refractivity contribution in [2.45, 2.75) is 89.9 Å². The van der Waals surface area contributed by atoms with Crippen LogP contribution in [0.3, 0.4) is 0 Å². The van der Waals surface area contributed by atoms with E-state index in [0.29, 0.717) is 47.1 Å². The third-order valence-corrected chi connectivity index (χ3v) is 11.4. The molecule has 10 nitrogen and oxygen atoms in total. The molecule has 1 aromatic heterocycles. The second kappa shape index (κ2) is 18.6. The van der Waals surface area contributed by atoms with Crippen LogP contribution < -0.4 is 10.4 Å². The van der Waals surface area contributed by atoms with Gasteiger partial charge in [-0.2, -0.15) is 0 Å². The van der Waals surface area contributed by atoms with Crippen molar-refractivity contribution in [1.82, 2.24) is 0 Å². The second-order valence-electron chi connectivity index (χ2n) is 16.2. The molecule has 0 saturated carbocycles. The van der Waals surface area contributed by atoms with Crippen LogP contribution in [0.4, 0.5) is 0 Å². The smallest absolute Gasteiger partial charge is 0.339 e. The van der Waals surface area contributed by atoms with Crippen LogP contribution in [-0.2, 0) is 55.9 Å². The van der Waals surface area contributed by atoms with Crippen molar-refractivity contribution in [2.24, 2.45) is 5.92 Å². The fraction of sp³-hybridized carbons (Fsp3) is 0.367. The quantitative estimate of drug-likeness (QED) is 0.0475. The Hall–Kier alpha value is -5.55. The molecule has 10 heteroatoms. The predicted octanol–water partition coefficient (Wildman–Crippen LogP) is 7.70. The van der Waals surface area contributed by atoms with Gasteiger partial charge in [-0.15, -0.1) is 0 Å². The average Bonchev–Trinajstić information content (AvgIpc) is 3.22. The zero-order chi connectivity index (χ0) is 41.5. The number of fused-ring (bicyclic) bond motifs is 13. The van der Waals surface area contributed by atoms with Gasteiger partial charge in [-0.05, 0) is 117 Å². The van der Waals surface area contributed by atoms with E-state index in [-0.39, 0.29) is 43.1 Å². The van der Waals surface area contributed by atoms with Crippen molar-refractivity contribution < 1.29 is 43.2 Å². The molecule has 2 bridgehead atoms. The van der Waals surface area contributed by atoms with Gasteiger partial charge in [-0.3, -0.25) is 4.79 Å². The normalized spacial score (nSPS) is 20.3. The highest BCUT2D eigenvalue weighted by molar-refractivity contribution is 5.90. The van der Waals surface area contributed by atoms with E-state index in [1.165, 1.54) is 16.7 Å². The van der Waals surface area contributed by atoms with E-state index in [0.717, 1.165) is 30.4 Å². The minimum atomic E-state index is -1.21. The van der Waals surface area contributed by atoms with Crippen LogP contribution in [-0.4, -0.2) is 53.9 Å². The lowest BCUT2D eigenvalue weighted by Gasteiger charge is -2.43. The third kappa shape index (κ3) is 10.0. The Kier molecular flexibility index (Phi) is 13.1. The first-order valence-corrected chi connectivity index (χ1v) is 20.4. The highest BCUT2D eigenvalue weighted by Gasteiger charge is 2.50. The van der Waals surface area contributed by atoms with E-state index in [4.69, 9.17) is 28.5 Å². The van der Waals surface area contributed by atoms with Crippen LogP contribution in [0.1, 0.15) is 85.1 Å². The van der Waals surface area contributed by atoms with E-state index in [2.05, 4.69) is 60.7 Å². The summed E-state index contributed by atoms with van der Waals surface area (Å²) in [7, 11) is 0. The number of aryl methyl sites for hydroxylation is 2. The molecule has 3 aliphatic rings. The fourth-order valence-electron chi connectivity index (χ4n) is 8.21. The highest BCUT2D eigenvalue weighted by atomic mass is 16.6. The van der Waals surface area contributed by atoms with Gasteiger partial charge in [-0.1, -0.05) is 78.9 Å². The molecule has 0 spiro atoms.